The first-order valence-corrected chi connectivity index (χ1v) is 7.80. The molecule has 0 saturated carbocycles. The lowest BCUT2D eigenvalue weighted by molar-refractivity contribution is -0.144. The third-order valence-electron chi connectivity index (χ3n) is 2.94. The van der Waals surface area contributed by atoms with Crippen molar-refractivity contribution in [1.82, 2.24) is 19.7 Å². The molecular weight excluding hydrogens is 340 g/mol. The van der Waals surface area contributed by atoms with E-state index in [1.165, 1.54) is 7.05 Å². The molecule has 19 heavy (non-hydrogen) atoms. The molecule has 1 rings (SSSR count). The van der Waals surface area contributed by atoms with Gasteiger partial charge in [-0.2, -0.15) is 4.72 Å². The number of aromatic nitrogens is 3. The number of hydrogen-bond donors (Lipinski definition) is 2. The molecule has 0 atom stereocenters. The van der Waals surface area contributed by atoms with Crippen molar-refractivity contribution in [2.45, 2.75) is 37.3 Å². The first kappa shape index (κ1) is 16.1. The molecule has 0 saturated heterocycles. The van der Waals surface area contributed by atoms with E-state index in [0.717, 1.165) is 4.68 Å². The van der Waals surface area contributed by atoms with Gasteiger partial charge in [0.05, 0.1) is 0 Å². The quantitative estimate of drug-likeness (QED) is 0.768. The lowest BCUT2D eigenvalue weighted by atomic mass is 9.95. The Bertz CT molecular complexity index is 560. The van der Waals surface area contributed by atoms with E-state index in [-0.39, 0.29) is 22.5 Å². The molecule has 0 aromatic carbocycles. The van der Waals surface area contributed by atoms with Gasteiger partial charge in [-0.25, -0.2) is 13.1 Å². The number of aliphatic carboxylic acids is 1. The summed E-state index contributed by atoms with van der Waals surface area (Å²) in [6.07, 6.45) is 0.252. The predicted octanol–water partition coefficient (Wildman–Crippen LogP) is 0.499. The van der Waals surface area contributed by atoms with Gasteiger partial charge in [0.25, 0.3) is 10.0 Å². The average molecular weight is 355 g/mol. The van der Waals surface area contributed by atoms with Gasteiger partial charge < -0.3 is 5.11 Å². The van der Waals surface area contributed by atoms with Crippen molar-refractivity contribution < 1.29 is 18.3 Å². The van der Waals surface area contributed by atoms with Crippen LogP contribution in [0, 0.1) is 0 Å². The van der Waals surface area contributed by atoms with Crippen LogP contribution in [0.3, 0.4) is 0 Å². The molecule has 0 radical (unpaired) electrons. The van der Waals surface area contributed by atoms with Crippen LogP contribution in [-0.2, 0) is 21.9 Å². The molecule has 2 N–H and O–H groups in total. The minimum atomic E-state index is -4.04. The van der Waals surface area contributed by atoms with Crippen molar-refractivity contribution in [3.05, 3.63) is 4.60 Å². The minimum absolute atomic E-state index is 0.0361. The van der Waals surface area contributed by atoms with Crippen LogP contribution >= 0.6 is 15.9 Å². The smallest absolute Gasteiger partial charge is 0.324 e. The standard InChI is InChI=1S/C9H15BrN4O4S/c1-4-9(5-2,8(15)16)12-19(17,18)7-6(10)11-13-14(7)3/h12H,4-5H2,1-3H3,(H,15,16). The van der Waals surface area contributed by atoms with Crippen molar-refractivity contribution in [2.75, 3.05) is 0 Å². The number of carboxylic acid groups (broad SMARTS) is 1. The highest BCUT2D eigenvalue weighted by Gasteiger charge is 2.41. The summed E-state index contributed by atoms with van der Waals surface area (Å²) in [5.41, 5.74) is -1.54. The summed E-state index contributed by atoms with van der Waals surface area (Å²) in [5.74, 6) is -1.22. The Kier molecular flexibility index (Phi) is 4.69. The molecule has 10 heteroatoms. The van der Waals surface area contributed by atoms with Gasteiger partial charge in [-0.15, -0.1) is 5.10 Å². The molecule has 0 aliphatic rings. The number of sulfonamides is 1. The van der Waals surface area contributed by atoms with Gasteiger partial charge in [0.2, 0.25) is 5.03 Å². The summed E-state index contributed by atoms with van der Waals surface area (Å²) < 4.78 is 27.9. The molecule has 1 aromatic rings. The molecule has 108 valence electrons. The molecular formula is C9H15BrN4O4S. The Morgan fingerprint density at radius 3 is 2.32 bits per heavy atom. The number of rotatable bonds is 6. The molecule has 0 fully saturated rings. The largest absolute Gasteiger partial charge is 0.480 e. The summed E-state index contributed by atoms with van der Waals surface area (Å²) >= 11 is 2.98. The van der Waals surface area contributed by atoms with Crippen LogP contribution in [0.1, 0.15) is 26.7 Å². The van der Waals surface area contributed by atoms with Crippen LogP contribution in [0.4, 0.5) is 0 Å². The van der Waals surface area contributed by atoms with Crippen LogP contribution < -0.4 is 4.72 Å². The second kappa shape index (κ2) is 5.55. The molecule has 0 amide bonds. The van der Waals surface area contributed by atoms with Crippen LogP contribution in [0.5, 0.6) is 0 Å². The number of aryl methyl sites for hydroxylation is 1. The van der Waals surface area contributed by atoms with E-state index in [1.54, 1.807) is 13.8 Å². The van der Waals surface area contributed by atoms with Crippen LogP contribution in [0.2, 0.25) is 0 Å². The highest BCUT2D eigenvalue weighted by Crippen LogP contribution is 2.23. The lowest BCUT2D eigenvalue weighted by Crippen LogP contribution is -2.53. The zero-order valence-corrected chi connectivity index (χ0v) is 13.1. The van der Waals surface area contributed by atoms with Gasteiger partial charge in [0.1, 0.15) is 5.54 Å². The van der Waals surface area contributed by atoms with E-state index < -0.39 is 21.5 Å². The van der Waals surface area contributed by atoms with E-state index in [4.69, 9.17) is 0 Å². The zero-order valence-electron chi connectivity index (χ0n) is 10.7. The van der Waals surface area contributed by atoms with E-state index >= 15 is 0 Å². The summed E-state index contributed by atoms with van der Waals surface area (Å²) in [6, 6.07) is 0. The Morgan fingerprint density at radius 1 is 1.47 bits per heavy atom. The number of carboxylic acids is 1. The molecule has 1 aromatic heterocycles. The summed E-state index contributed by atoms with van der Waals surface area (Å²) in [5, 5.41) is 16.2. The molecule has 0 aliphatic carbocycles. The van der Waals surface area contributed by atoms with Gasteiger partial charge in [-0.3, -0.25) is 4.79 Å². The minimum Gasteiger partial charge on any atom is -0.480 e. The van der Waals surface area contributed by atoms with Crippen molar-refractivity contribution >= 4 is 31.9 Å². The molecule has 0 spiro atoms. The molecule has 0 bridgehead atoms. The van der Waals surface area contributed by atoms with E-state index in [2.05, 4.69) is 31.0 Å². The normalized spacial score (nSPS) is 12.6. The Morgan fingerprint density at radius 2 is 2.00 bits per heavy atom. The van der Waals surface area contributed by atoms with Crippen LogP contribution in [0.25, 0.3) is 0 Å². The second-order valence-corrected chi connectivity index (χ2v) is 6.36. The third kappa shape index (κ3) is 2.95. The van der Waals surface area contributed by atoms with Crippen molar-refractivity contribution in [3.63, 3.8) is 0 Å². The first-order chi connectivity index (χ1) is 8.70. The van der Waals surface area contributed by atoms with Crippen molar-refractivity contribution in [3.8, 4) is 0 Å². The van der Waals surface area contributed by atoms with Crippen LogP contribution in [-0.4, -0.2) is 40.0 Å². The van der Waals surface area contributed by atoms with Crippen molar-refractivity contribution in [1.29, 1.82) is 0 Å². The Labute approximate surface area is 119 Å². The number of halogens is 1. The average Bonchev–Trinajstić information content (AvgIpc) is 2.66. The van der Waals surface area contributed by atoms with Gasteiger partial charge in [0.15, 0.2) is 4.60 Å². The monoisotopic (exact) mass is 354 g/mol. The highest BCUT2D eigenvalue weighted by atomic mass is 79.9. The lowest BCUT2D eigenvalue weighted by Gasteiger charge is -2.27. The van der Waals surface area contributed by atoms with E-state index in [9.17, 15) is 18.3 Å². The third-order valence-corrected chi connectivity index (χ3v) is 5.36. The van der Waals surface area contributed by atoms with Crippen molar-refractivity contribution in [2.24, 2.45) is 7.05 Å². The predicted molar refractivity (Wildman–Crippen MR) is 70.0 cm³/mol. The molecule has 1 heterocycles. The summed E-state index contributed by atoms with van der Waals surface area (Å²) in [7, 11) is -2.64. The number of nitrogens with one attached hydrogen (secondary N) is 1. The maximum Gasteiger partial charge on any atom is 0.324 e. The summed E-state index contributed by atoms with van der Waals surface area (Å²) in [6.45, 7) is 3.22. The SMILES string of the molecule is CCC(CC)(NS(=O)(=O)c1c(Br)nnn1C)C(=O)O. The molecule has 0 aliphatic heterocycles. The fourth-order valence-corrected chi connectivity index (χ4v) is 4.25. The zero-order chi connectivity index (χ0) is 14.8. The first-order valence-electron chi connectivity index (χ1n) is 5.52. The molecule has 0 unspecified atom stereocenters. The fraction of sp³-hybridized carbons (Fsp3) is 0.667. The summed E-state index contributed by atoms with van der Waals surface area (Å²) in [4.78, 5) is 11.3. The second-order valence-electron chi connectivity index (χ2n) is 4.01. The topological polar surface area (TPSA) is 114 Å². The maximum absolute atomic E-state index is 12.3. The number of carbonyl (C=O) groups is 1. The van der Waals surface area contributed by atoms with Gasteiger partial charge in [-0.1, -0.05) is 19.1 Å². The van der Waals surface area contributed by atoms with Gasteiger partial charge in [0, 0.05) is 7.05 Å². The van der Waals surface area contributed by atoms with E-state index in [0.29, 0.717) is 0 Å². The highest BCUT2D eigenvalue weighted by molar-refractivity contribution is 9.10. The maximum atomic E-state index is 12.3. The van der Waals surface area contributed by atoms with E-state index in [1.807, 2.05) is 0 Å². The molecule has 8 nitrogen and oxygen atoms in total. The number of hydrogen-bond acceptors (Lipinski definition) is 5. The Hall–Kier alpha value is -1.00. The fourth-order valence-electron chi connectivity index (χ4n) is 1.65. The van der Waals surface area contributed by atoms with Gasteiger partial charge in [-0.05, 0) is 28.8 Å². The van der Waals surface area contributed by atoms with Crippen LogP contribution in [0.15, 0.2) is 9.63 Å². The van der Waals surface area contributed by atoms with Gasteiger partial charge >= 0.3 is 5.97 Å². The Balaban J connectivity index is 3.27. The number of nitrogens with zero attached hydrogens (tertiary/aromatic N) is 3.